The van der Waals surface area contributed by atoms with E-state index in [0.29, 0.717) is 11.3 Å². The van der Waals surface area contributed by atoms with Gasteiger partial charge in [0.1, 0.15) is 0 Å². The fourth-order valence-corrected chi connectivity index (χ4v) is 10.1. The van der Waals surface area contributed by atoms with Crippen molar-refractivity contribution in [2.24, 2.45) is 0 Å². The van der Waals surface area contributed by atoms with Crippen molar-refractivity contribution in [2.75, 3.05) is 0 Å². The average Bonchev–Trinajstić information content (AvgIpc) is 3.80. The Morgan fingerprint density at radius 1 is 0.345 bits per heavy atom. The number of nitriles is 1. The van der Waals surface area contributed by atoms with Gasteiger partial charge in [0.2, 0.25) is 0 Å². The third-order valence-electron chi connectivity index (χ3n) is 12.4. The Hall–Kier alpha value is -8.04. The molecule has 12 aromatic carbocycles. The van der Waals surface area contributed by atoms with Gasteiger partial charge in [-0.05, 0) is 138 Å². The Morgan fingerprint density at radius 3 is 1.60 bits per heavy atom. The van der Waals surface area contributed by atoms with Crippen LogP contribution in [-0.2, 0) is 0 Å². The molecule has 0 aliphatic carbocycles. The highest BCUT2D eigenvalue weighted by Crippen LogP contribution is 2.55. The van der Waals surface area contributed by atoms with Crippen molar-refractivity contribution in [3.05, 3.63) is 199 Å². The SMILES string of the molecule is [C-]#[N+]c1ccc(C#N)c(-c2cccc(-c3ccc4c5c(-c6ccccc6)c6c(cc7c8ccccc8c8cccc6c87)c(-c6ccccc6)c5c5cccc3c54)c2)c1. The molecule has 0 saturated heterocycles. The predicted molar refractivity (Wildman–Crippen MR) is 244 cm³/mol. The lowest BCUT2D eigenvalue weighted by Crippen LogP contribution is -1.91. The maximum Gasteiger partial charge on any atom is 0.187 e. The van der Waals surface area contributed by atoms with Crippen LogP contribution in [-0.4, -0.2) is 0 Å². The second-order valence-electron chi connectivity index (χ2n) is 15.3. The van der Waals surface area contributed by atoms with Gasteiger partial charge in [-0.2, -0.15) is 5.26 Å². The topological polar surface area (TPSA) is 28.1 Å². The molecule has 0 heterocycles. The molecule has 0 saturated carbocycles. The second kappa shape index (κ2) is 12.2. The van der Waals surface area contributed by atoms with Crippen LogP contribution in [0.2, 0.25) is 0 Å². The summed E-state index contributed by atoms with van der Waals surface area (Å²) in [4.78, 5) is 3.66. The summed E-state index contributed by atoms with van der Waals surface area (Å²) in [5.41, 5.74) is 9.88. The first-order chi connectivity index (χ1) is 28.7. The molecule has 264 valence electrons. The summed E-state index contributed by atoms with van der Waals surface area (Å²) < 4.78 is 0. The van der Waals surface area contributed by atoms with E-state index in [0.717, 1.165) is 22.3 Å². The molecule has 0 N–H and O–H groups in total. The van der Waals surface area contributed by atoms with Crippen LogP contribution in [0.5, 0.6) is 0 Å². The van der Waals surface area contributed by atoms with Gasteiger partial charge in [0.15, 0.2) is 5.69 Å². The Bertz CT molecular complexity index is 3740. The smallest absolute Gasteiger partial charge is 0.187 e. The number of benzene rings is 10. The van der Waals surface area contributed by atoms with E-state index in [1.54, 1.807) is 12.1 Å². The zero-order valence-corrected chi connectivity index (χ0v) is 31.2. The van der Waals surface area contributed by atoms with Crippen LogP contribution in [0.3, 0.4) is 0 Å². The molecule has 2 heteroatoms. The van der Waals surface area contributed by atoms with Crippen LogP contribution in [0, 0.1) is 17.9 Å². The molecule has 0 amide bonds. The number of nitrogens with zero attached hydrogens (tertiary/aromatic N) is 2. The lowest BCUT2D eigenvalue weighted by Gasteiger charge is -2.19. The van der Waals surface area contributed by atoms with Crippen LogP contribution >= 0.6 is 0 Å². The molecule has 2 nitrogen and oxygen atoms in total. The zero-order chi connectivity index (χ0) is 38.5. The van der Waals surface area contributed by atoms with Crippen LogP contribution in [0.15, 0.2) is 182 Å². The first-order valence-corrected chi connectivity index (χ1v) is 19.6. The van der Waals surface area contributed by atoms with E-state index in [9.17, 15) is 5.26 Å². The molecule has 0 bridgehead atoms. The molecule has 0 fully saturated rings. The molecule has 0 aromatic heterocycles. The Morgan fingerprint density at radius 2 is 0.879 bits per heavy atom. The molecule has 0 atom stereocenters. The van der Waals surface area contributed by atoms with Crippen molar-refractivity contribution < 1.29 is 0 Å². The summed E-state index contributed by atoms with van der Waals surface area (Å²) in [6.45, 7) is 7.62. The van der Waals surface area contributed by atoms with Gasteiger partial charge in [-0.1, -0.05) is 164 Å². The van der Waals surface area contributed by atoms with Crippen molar-refractivity contribution >= 4 is 81.1 Å². The fourth-order valence-electron chi connectivity index (χ4n) is 10.1. The highest BCUT2D eigenvalue weighted by Gasteiger charge is 2.27. The van der Waals surface area contributed by atoms with Gasteiger partial charge in [-0.3, -0.25) is 0 Å². The van der Waals surface area contributed by atoms with Crippen molar-refractivity contribution in [1.29, 1.82) is 5.26 Å². The normalized spacial score (nSPS) is 11.8. The average molecular weight is 731 g/mol. The Kier molecular flexibility index (Phi) is 6.80. The first kappa shape index (κ1) is 32.2. The molecular formula is C56H30N2. The molecule has 0 aliphatic heterocycles. The van der Waals surface area contributed by atoms with Gasteiger partial charge >= 0.3 is 0 Å². The van der Waals surface area contributed by atoms with Crippen molar-refractivity contribution in [3.8, 4) is 50.6 Å². The van der Waals surface area contributed by atoms with Gasteiger partial charge in [0.05, 0.1) is 18.2 Å². The molecule has 12 rings (SSSR count). The van der Waals surface area contributed by atoms with Gasteiger partial charge in [-0.15, -0.1) is 0 Å². The molecule has 0 aliphatic rings. The molecule has 12 aromatic rings. The van der Waals surface area contributed by atoms with Crippen LogP contribution in [0.25, 0.3) is 125 Å². The van der Waals surface area contributed by atoms with E-state index in [1.165, 1.54) is 97.7 Å². The van der Waals surface area contributed by atoms with Crippen LogP contribution in [0.4, 0.5) is 5.69 Å². The van der Waals surface area contributed by atoms with Gasteiger partial charge in [-0.25, -0.2) is 4.85 Å². The number of rotatable bonds is 4. The van der Waals surface area contributed by atoms with E-state index in [-0.39, 0.29) is 0 Å². The van der Waals surface area contributed by atoms with Crippen molar-refractivity contribution in [3.63, 3.8) is 0 Å². The summed E-state index contributed by atoms with van der Waals surface area (Å²) in [6.07, 6.45) is 0. The maximum atomic E-state index is 10.0. The summed E-state index contributed by atoms with van der Waals surface area (Å²) >= 11 is 0. The standard InChI is InChI=1S/C56H30N2/c1-58-38-26-25-37(32-57)47(30-38)36-18-10-17-35(29-36)39-27-28-46-52-42(39)21-11-24-45(52)55-50(33-13-4-2-5-14-33)49-31-48-41-20-9-8-19-40(41)43-22-12-23-44(53(43)48)54(49)51(56(46)55)34-15-6-3-7-16-34/h2-31H. The third kappa shape index (κ3) is 4.40. The van der Waals surface area contributed by atoms with Gasteiger partial charge in [0, 0.05) is 0 Å². The Balaban J connectivity index is 1.27. The fraction of sp³-hybridized carbons (Fsp3) is 0. The second-order valence-corrected chi connectivity index (χ2v) is 15.3. The summed E-state index contributed by atoms with van der Waals surface area (Å²) in [6, 6.07) is 67.6. The lowest BCUT2D eigenvalue weighted by atomic mass is 9.84. The number of hydrogen-bond acceptors (Lipinski definition) is 1. The van der Waals surface area contributed by atoms with Gasteiger partial charge < -0.3 is 0 Å². The summed E-state index contributed by atoms with van der Waals surface area (Å²) in [5.74, 6) is 0. The van der Waals surface area contributed by atoms with E-state index in [2.05, 4.69) is 169 Å². The van der Waals surface area contributed by atoms with E-state index in [4.69, 9.17) is 6.57 Å². The van der Waals surface area contributed by atoms with E-state index in [1.807, 2.05) is 12.1 Å². The molecular weight excluding hydrogens is 701 g/mol. The third-order valence-corrected chi connectivity index (χ3v) is 12.4. The molecule has 0 radical (unpaired) electrons. The van der Waals surface area contributed by atoms with E-state index >= 15 is 0 Å². The highest BCUT2D eigenvalue weighted by atomic mass is 14.6. The molecule has 0 unspecified atom stereocenters. The summed E-state index contributed by atoms with van der Waals surface area (Å²) in [5, 5.41) is 27.8. The molecule has 0 spiro atoms. The summed E-state index contributed by atoms with van der Waals surface area (Å²) in [7, 11) is 0. The van der Waals surface area contributed by atoms with Crippen molar-refractivity contribution in [1.82, 2.24) is 0 Å². The molecule has 58 heavy (non-hydrogen) atoms. The number of hydrogen-bond donors (Lipinski definition) is 0. The minimum atomic E-state index is 0.518. The first-order valence-electron chi connectivity index (χ1n) is 19.6. The van der Waals surface area contributed by atoms with Crippen LogP contribution in [0.1, 0.15) is 5.56 Å². The largest absolute Gasteiger partial charge is 0.238 e. The number of fused-ring (bicyclic) bond motifs is 8. The van der Waals surface area contributed by atoms with Crippen LogP contribution < -0.4 is 0 Å². The predicted octanol–water partition coefficient (Wildman–Crippen LogP) is 15.7. The van der Waals surface area contributed by atoms with Crippen molar-refractivity contribution in [2.45, 2.75) is 0 Å². The quantitative estimate of drug-likeness (QED) is 0.131. The minimum absolute atomic E-state index is 0.518. The highest BCUT2D eigenvalue weighted by molar-refractivity contribution is 6.45. The monoisotopic (exact) mass is 730 g/mol. The maximum absolute atomic E-state index is 10.0. The minimum Gasteiger partial charge on any atom is -0.238 e. The Labute approximate surface area is 334 Å². The van der Waals surface area contributed by atoms with Gasteiger partial charge in [0.25, 0.3) is 0 Å². The zero-order valence-electron chi connectivity index (χ0n) is 31.2. The van der Waals surface area contributed by atoms with E-state index < -0.39 is 0 Å². The lowest BCUT2D eigenvalue weighted by molar-refractivity contribution is 1.48.